The van der Waals surface area contributed by atoms with Crippen LogP contribution in [-0.2, 0) is 25.6 Å². The molecule has 0 saturated heterocycles. The molecule has 1 atom stereocenters. The minimum Gasteiger partial charge on any atom is -0.451 e. The standard InChI is InChI=1S/C20H21N3O5S/c1-13(18(25)21-8-9-27-2)28-17(24)11-23-12-22-19-15(20(23)26)10-16(29-19)14-6-4-3-5-7-14/h3-7,10,12-13H,8-9,11H2,1-2H3,(H,21,25)/t13-/m1/s1. The summed E-state index contributed by atoms with van der Waals surface area (Å²) >= 11 is 1.41. The first-order valence-electron chi connectivity index (χ1n) is 9.00. The van der Waals surface area contributed by atoms with Crippen LogP contribution in [0.15, 0.2) is 47.5 Å². The number of carbonyl (C=O) groups is 2. The predicted octanol–water partition coefficient (Wildman–Crippen LogP) is 1.82. The molecule has 0 fully saturated rings. The zero-order chi connectivity index (χ0) is 20.8. The lowest BCUT2D eigenvalue weighted by atomic mass is 10.2. The van der Waals surface area contributed by atoms with Gasteiger partial charge >= 0.3 is 5.97 Å². The SMILES string of the molecule is COCCNC(=O)[C@@H](C)OC(=O)Cn1cnc2sc(-c3ccccc3)cc2c1=O. The summed E-state index contributed by atoms with van der Waals surface area (Å²) in [4.78, 5) is 42.6. The number of hydrogen-bond acceptors (Lipinski definition) is 7. The van der Waals surface area contributed by atoms with E-state index in [0.717, 1.165) is 10.4 Å². The Morgan fingerprint density at radius 1 is 1.28 bits per heavy atom. The molecule has 1 N–H and O–H groups in total. The van der Waals surface area contributed by atoms with Crippen LogP contribution in [0.2, 0.25) is 0 Å². The van der Waals surface area contributed by atoms with Crippen LogP contribution in [0, 0.1) is 0 Å². The van der Waals surface area contributed by atoms with Gasteiger partial charge in [0.15, 0.2) is 6.10 Å². The van der Waals surface area contributed by atoms with Gasteiger partial charge < -0.3 is 14.8 Å². The van der Waals surface area contributed by atoms with Crippen molar-refractivity contribution < 1.29 is 19.1 Å². The Labute approximate surface area is 171 Å². The molecule has 3 aromatic rings. The molecule has 1 amide bonds. The molecule has 0 unspecified atom stereocenters. The molecule has 0 radical (unpaired) electrons. The summed E-state index contributed by atoms with van der Waals surface area (Å²) in [7, 11) is 1.52. The molecule has 0 aliphatic heterocycles. The number of aromatic nitrogens is 2. The highest BCUT2D eigenvalue weighted by molar-refractivity contribution is 7.21. The van der Waals surface area contributed by atoms with Crippen LogP contribution in [0.5, 0.6) is 0 Å². The lowest BCUT2D eigenvalue weighted by molar-refractivity contribution is -0.155. The fraction of sp³-hybridized carbons (Fsp3) is 0.300. The first-order chi connectivity index (χ1) is 14.0. The van der Waals surface area contributed by atoms with Gasteiger partial charge in [-0.1, -0.05) is 30.3 Å². The van der Waals surface area contributed by atoms with Gasteiger partial charge in [0.25, 0.3) is 11.5 Å². The smallest absolute Gasteiger partial charge is 0.326 e. The van der Waals surface area contributed by atoms with Crippen molar-refractivity contribution in [2.75, 3.05) is 20.3 Å². The van der Waals surface area contributed by atoms with Crippen molar-refractivity contribution in [3.63, 3.8) is 0 Å². The second-order valence-corrected chi connectivity index (χ2v) is 7.32. The molecule has 8 nitrogen and oxygen atoms in total. The number of nitrogens with one attached hydrogen (secondary N) is 1. The van der Waals surface area contributed by atoms with E-state index in [1.807, 2.05) is 30.3 Å². The number of esters is 1. The number of hydrogen-bond donors (Lipinski definition) is 1. The molecule has 0 saturated carbocycles. The monoisotopic (exact) mass is 415 g/mol. The molecule has 29 heavy (non-hydrogen) atoms. The Kier molecular flexibility index (Phi) is 6.73. The Hall–Kier alpha value is -3.04. The van der Waals surface area contributed by atoms with E-state index in [2.05, 4.69) is 10.3 Å². The molecule has 9 heteroatoms. The second-order valence-electron chi connectivity index (χ2n) is 6.29. The van der Waals surface area contributed by atoms with Gasteiger partial charge in [0.1, 0.15) is 11.4 Å². The van der Waals surface area contributed by atoms with Crippen molar-refractivity contribution in [3.8, 4) is 10.4 Å². The molecular weight excluding hydrogens is 394 g/mol. The topological polar surface area (TPSA) is 99.5 Å². The first kappa shape index (κ1) is 20.7. The third-order valence-electron chi connectivity index (χ3n) is 4.16. The number of fused-ring (bicyclic) bond motifs is 1. The maximum absolute atomic E-state index is 12.7. The molecule has 2 aromatic heterocycles. The zero-order valence-electron chi connectivity index (χ0n) is 16.1. The molecule has 2 heterocycles. The van der Waals surface area contributed by atoms with Gasteiger partial charge in [-0.2, -0.15) is 0 Å². The number of methoxy groups -OCH3 is 1. The third kappa shape index (κ3) is 5.07. The van der Waals surface area contributed by atoms with Gasteiger partial charge in [0.2, 0.25) is 0 Å². The Balaban J connectivity index is 1.70. The van der Waals surface area contributed by atoms with Crippen LogP contribution in [0.1, 0.15) is 6.92 Å². The second kappa shape index (κ2) is 9.44. The Bertz CT molecular complexity index is 1060. The lowest BCUT2D eigenvalue weighted by Crippen LogP contribution is -2.38. The van der Waals surface area contributed by atoms with Crippen LogP contribution >= 0.6 is 11.3 Å². The van der Waals surface area contributed by atoms with E-state index in [4.69, 9.17) is 9.47 Å². The molecule has 152 valence electrons. The van der Waals surface area contributed by atoms with Gasteiger partial charge in [-0.25, -0.2) is 4.98 Å². The van der Waals surface area contributed by atoms with Crippen LogP contribution < -0.4 is 10.9 Å². The summed E-state index contributed by atoms with van der Waals surface area (Å²) in [5.74, 6) is -1.12. The van der Waals surface area contributed by atoms with Gasteiger partial charge in [-0.15, -0.1) is 11.3 Å². The van der Waals surface area contributed by atoms with Crippen molar-refractivity contribution in [1.29, 1.82) is 0 Å². The number of amides is 1. The van der Waals surface area contributed by atoms with Crippen molar-refractivity contribution >= 4 is 33.4 Å². The van der Waals surface area contributed by atoms with Gasteiger partial charge in [-0.05, 0) is 18.6 Å². The Morgan fingerprint density at radius 2 is 2.03 bits per heavy atom. The quantitative estimate of drug-likeness (QED) is 0.445. The highest BCUT2D eigenvalue weighted by Gasteiger charge is 2.19. The molecule has 1 aromatic carbocycles. The number of carbonyl (C=O) groups excluding carboxylic acids is 2. The summed E-state index contributed by atoms with van der Waals surface area (Å²) in [5, 5.41) is 3.03. The summed E-state index contributed by atoms with van der Waals surface area (Å²) in [6.07, 6.45) is 0.346. The van der Waals surface area contributed by atoms with Gasteiger partial charge in [0.05, 0.1) is 18.3 Å². The van der Waals surface area contributed by atoms with Crippen molar-refractivity contribution in [2.45, 2.75) is 19.6 Å². The van der Waals surface area contributed by atoms with Crippen molar-refractivity contribution in [2.24, 2.45) is 0 Å². The minimum atomic E-state index is -0.974. The van der Waals surface area contributed by atoms with Crippen molar-refractivity contribution in [3.05, 3.63) is 53.1 Å². The van der Waals surface area contributed by atoms with Gasteiger partial charge in [0, 0.05) is 18.5 Å². The van der Waals surface area contributed by atoms with E-state index >= 15 is 0 Å². The van der Waals surface area contributed by atoms with Crippen LogP contribution in [0.25, 0.3) is 20.7 Å². The van der Waals surface area contributed by atoms with Crippen LogP contribution in [0.3, 0.4) is 0 Å². The Morgan fingerprint density at radius 3 is 2.76 bits per heavy atom. The first-order valence-corrected chi connectivity index (χ1v) is 9.81. The van der Waals surface area contributed by atoms with Gasteiger partial charge in [-0.3, -0.25) is 19.0 Å². The van der Waals surface area contributed by atoms with Crippen LogP contribution in [0.4, 0.5) is 0 Å². The number of thiophene rings is 1. The summed E-state index contributed by atoms with van der Waals surface area (Å²) in [6, 6.07) is 11.5. The average molecular weight is 415 g/mol. The average Bonchev–Trinajstić information content (AvgIpc) is 3.16. The fourth-order valence-corrected chi connectivity index (χ4v) is 3.66. The zero-order valence-corrected chi connectivity index (χ0v) is 16.9. The van der Waals surface area contributed by atoms with E-state index < -0.39 is 18.0 Å². The highest BCUT2D eigenvalue weighted by atomic mass is 32.1. The van der Waals surface area contributed by atoms with E-state index in [1.165, 1.54) is 36.3 Å². The maximum atomic E-state index is 12.7. The number of nitrogens with zero attached hydrogens (tertiary/aromatic N) is 2. The maximum Gasteiger partial charge on any atom is 0.326 e. The van der Waals surface area contributed by atoms with Crippen molar-refractivity contribution in [1.82, 2.24) is 14.9 Å². The summed E-state index contributed by atoms with van der Waals surface area (Å²) in [6.45, 7) is 1.82. The summed E-state index contributed by atoms with van der Waals surface area (Å²) in [5.41, 5.74) is 0.664. The van der Waals surface area contributed by atoms with Crippen LogP contribution in [-0.4, -0.2) is 47.8 Å². The minimum absolute atomic E-state index is 0.319. The number of rotatable bonds is 8. The molecule has 0 spiro atoms. The van der Waals surface area contributed by atoms with E-state index in [0.29, 0.717) is 23.4 Å². The molecule has 0 aliphatic carbocycles. The van der Waals surface area contributed by atoms with E-state index in [1.54, 1.807) is 6.07 Å². The molecular formula is C20H21N3O5S. The lowest BCUT2D eigenvalue weighted by Gasteiger charge is -2.13. The number of ether oxygens (including phenoxy) is 2. The summed E-state index contributed by atoms with van der Waals surface area (Å²) < 4.78 is 11.1. The van der Waals surface area contributed by atoms with E-state index in [9.17, 15) is 14.4 Å². The van der Waals surface area contributed by atoms with E-state index in [-0.39, 0.29) is 12.1 Å². The highest BCUT2D eigenvalue weighted by Crippen LogP contribution is 2.30. The molecule has 0 aliphatic rings. The third-order valence-corrected chi connectivity index (χ3v) is 5.25. The molecule has 0 bridgehead atoms. The molecule has 3 rings (SSSR count). The number of benzene rings is 1. The fourth-order valence-electron chi connectivity index (χ4n) is 2.66. The normalized spacial score (nSPS) is 11.9. The largest absolute Gasteiger partial charge is 0.451 e. The predicted molar refractivity (Wildman–Crippen MR) is 110 cm³/mol.